The summed E-state index contributed by atoms with van der Waals surface area (Å²) in [6.45, 7) is 5.08. The molecule has 0 radical (unpaired) electrons. The standard InChI is InChI=1S/C10H13NO.C4H8O3/c1-2-11-7-8-12-10-6-4-3-5-9(10)11;1-6-3-4(5)7-2/h3-6H,2,7-8H2,1H3;3H2,1-2H3. The van der Waals surface area contributed by atoms with Crippen LogP contribution in [0, 0.1) is 0 Å². The van der Waals surface area contributed by atoms with Gasteiger partial charge in [0.2, 0.25) is 0 Å². The summed E-state index contributed by atoms with van der Waals surface area (Å²) in [4.78, 5) is 12.4. The van der Waals surface area contributed by atoms with E-state index in [1.165, 1.54) is 19.9 Å². The van der Waals surface area contributed by atoms with Crippen molar-refractivity contribution in [3.8, 4) is 5.75 Å². The molecular formula is C14H21NO4. The molecular weight excluding hydrogens is 246 g/mol. The number of carbonyl (C=O) groups excluding carboxylic acids is 1. The molecule has 0 fully saturated rings. The molecule has 0 amide bonds. The number of esters is 1. The van der Waals surface area contributed by atoms with Crippen molar-refractivity contribution in [2.24, 2.45) is 0 Å². The number of methoxy groups -OCH3 is 2. The molecule has 0 atom stereocenters. The Morgan fingerprint density at radius 3 is 2.68 bits per heavy atom. The Morgan fingerprint density at radius 1 is 1.37 bits per heavy atom. The van der Waals surface area contributed by atoms with Crippen LogP contribution in [0.3, 0.4) is 0 Å². The highest BCUT2D eigenvalue weighted by Crippen LogP contribution is 2.30. The van der Waals surface area contributed by atoms with Crippen molar-refractivity contribution in [2.75, 3.05) is 45.4 Å². The minimum absolute atomic E-state index is 0.0382. The van der Waals surface area contributed by atoms with Crippen LogP contribution in [0.4, 0.5) is 5.69 Å². The van der Waals surface area contributed by atoms with E-state index in [4.69, 9.17) is 4.74 Å². The topological polar surface area (TPSA) is 48.0 Å². The molecule has 2 rings (SSSR count). The van der Waals surface area contributed by atoms with Crippen molar-refractivity contribution < 1.29 is 19.0 Å². The monoisotopic (exact) mass is 267 g/mol. The van der Waals surface area contributed by atoms with E-state index in [0.29, 0.717) is 0 Å². The van der Waals surface area contributed by atoms with E-state index in [-0.39, 0.29) is 12.6 Å². The molecule has 1 aromatic rings. The van der Waals surface area contributed by atoms with Gasteiger partial charge in [-0.25, -0.2) is 4.79 Å². The predicted octanol–water partition coefficient (Wildman–Crippen LogP) is 1.71. The lowest BCUT2D eigenvalue weighted by Crippen LogP contribution is -2.32. The van der Waals surface area contributed by atoms with E-state index in [1.54, 1.807) is 0 Å². The second-order valence-electron chi connectivity index (χ2n) is 3.91. The van der Waals surface area contributed by atoms with Crippen LogP contribution in [0.1, 0.15) is 6.92 Å². The van der Waals surface area contributed by atoms with Crippen LogP contribution in [0.2, 0.25) is 0 Å². The van der Waals surface area contributed by atoms with Crippen molar-refractivity contribution in [3.05, 3.63) is 24.3 Å². The quantitative estimate of drug-likeness (QED) is 0.780. The number of hydrogen-bond donors (Lipinski definition) is 0. The summed E-state index contributed by atoms with van der Waals surface area (Å²) in [5.74, 6) is 0.674. The SMILES string of the molecule is CCN1CCOc2ccccc21.COCC(=O)OC. The van der Waals surface area contributed by atoms with Gasteiger partial charge >= 0.3 is 5.97 Å². The van der Waals surface area contributed by atoms with Gasteiger partial charge in [0.1, 0.15) is 19.0 Å². The Kier molecular flexibility index (Phi) is 6.74. The first-order chi connectivity index (χ1) is 9.22. The van der Waals surface area contributed by atoms with Gasteiger partial charge in [-0.1, -0.05) is 12.1 Å². The largest absolute Gasteiger partial charge is 0.490 e. The molecule has 5 heteroatoms. The molecule has 1 heterocycles. The first-order valence-electron chi connectivity index (χ1n) is 6.25. The number of ether oxygens (including phenoxy) is 3. The van der Waals surface area contributed by atoms with Gasteiger partial charge in [0.15, 0.2) is 0 Å². The van der Waals surface area contributed by atoms with Crippen LogP contribution in [0.25, 0.3) is 0 Å². The fourth-order valence-electron chi connectivity index (χ4n) is 1.73. The van der Waals surface area contributed by atoms with Crippen molar-refractivity contribution in [3.63, 3.8) is 0 Å². The zero-order valence-electron chi connectivity index (χ0n) is 11.7. The highest BCUT2D eigenvalue weighted by atomic mass is 16.6. The van der Waals surface area contributed by atoms with Crippen LogP contribution >= 0.6 is 0 Å². The second-order valence-corrected chi connectivity index (χ2v) is 3.91. The average Bonchev–Trinajstić information content (AvgIpc) is 2.47. The molecule has 0 aromatic heterocycles. The lowest BCUT2D eigenvalue weighted by Gasteiger charge is -2.29. The lowest BCUT2D eigenvalue weighted by atomic mass is 10.2. The summed E-state index contributed by atoms with van der Waals surface area (Å²) in [7, 11) is 2.76. The molecule has 0 unspecified atom stereocenters. The summed E-state index contributed by atoms with van der Waals surface area (Å²) in [6.07, 6.45) is 0. The molecule has 106 valence electrons. The maximum atomic E-state index is 10.1. The fourth-order valence-corrected chi connectivity index (χ4v) is 1.73. The third-order valence-corrected chi connectivity index (χ3v) is 2.70. The summed E-state index contributed by atoms with van der Waals surface area (Å²) >= 11 is 0. The summed E-state index contributed by atoms with van der Waals surface area (Å²) in [5.41, 5.74) is 1.23. The first-order valence-corrected chi connectivity index (χ1v) is 6.25. The molecule has 1 aliphatic heterocycles. The van der Waals surface area contributed by atoms with Gasteiger partial charge in [-0.05, 0) is 19.1 Å². The number of para-hydroxylation sites is 2. The molecule has 0 saturated heterocycles. The van der Waals surface area contributed by atoms with Crippen LogP contribution in [-0.2, 0) is 14.3 Å². The number of carbonyl (C=O) groups is 1. The molecule has 5 nitrogen and oxygen atoms in total. The second kappa shape index (κ2) is 8.37. The minimum Gasteiger partial charge on any atom is -0.490 e. The number of rotatable bonds is 3. The third-order valence-electron chi connectivity index (χ3n) is 2.70. The van der Waals surface area contributed by atoms with Crippen molar-refractivity contribution in [2.45, 2.75) is 6.92 Å². The Morgan fingerprint density at radius 2 is 2.11 bits per heavy atom. The highest BCUT2D eigenvalue weighted by molar-refractivity contribution is 5.70. The molecule has 1 aromatic carbocycles. The Balaban J connectivity index is 0.000000224. The normalized spacial score (nSPS) is 12.7. The van der Waals surface area contributed by atoms with Gasteiger partial charge in [-0.3, -0.25) is 0 Å². The Labute approximate surface area is 114 Å². The molecule has 19 heavy (non-hydrogen) atoms. The van der Waals surface area contributed by atoms with Gasteiger partial charge in [-0.2, -0.15) is 0 Å². The van der Waals surface area contributed by atoms with Crippen LogP contribution < -0.4 is 9.64 Å². The van der Waals surface area contributed by atoms with E-state index in [9.17, 15) is 4.79 Å². The van der Waals surface area contributed by atoms with E-state index in [2.05, 4.69) is 33.4 Å². The highest BCUT2D eigenvalue weighted by Gasteiger charge is 2.14. The first kappa shape index (κ1) is 15.3. The van der Waals surface area contributed by atoms with E-state index in [1.807, 2.05) is 12.1 Å². The zero-order chi connectivity index (χ0) is 14.1. The average molecular weight is 267 g/mol. The van der Waals surface area contributed by atoms with E-state index in [0.717, 1.165) is 25.4 Å². The number of nitrogens with zero attached hydrogens (tertiary/aromatic N) is 1. The molecule has 0 spiro atoms. The minimum atomic E-state index is -0.345. The van der Waals surface area contributed by atoms with E-state index < -0.39 is 0 Å². The molecule has 1 aliphatic rings. The molecule has 0 aliphatic carbocycles. The zero-order valence-corrected chi connectivity index (χ0v) is 11.7. The molecule has 0 N–H and O–H groups in total. The Bertz CT molecular complexity index is 395. The van der Waals surface area contributed by atoms with Crippen LogP contribution in [0.5, 0.6) is 5.75 Å². The van der Waals surface area contributed by atoms with Crippen LogP contribution in [-0.4, -0.2) is 46.5 Å². The van der Waals surface area contributed by atoms with Gasteiger partial charge in [0.25, 0.3) is 0 Å². The predicted molar refractivity (Wildman–Crippen MR) is 73.7 cm³/mol. The van der Waals surface area contributed by atoms with Crippen molar-refractivity contribution >= 4 is 11.7 Å². The third kappa shape index (κ3) is 4.79. The number of benzene rings is 1. The van der Waals surface area contributed by atoms with Gasteiger partial charge in [0.05, 0.1) is 19.3 Å². The fraction of sp³-hybridized carbons (Fsp3) is 0.500. The lowest BCUT2D eigenvalue weighted by molar-refractivity contribution is -0.144. The Hall–Kier alpha value is -1.75. The van der Waals surface area contributed by atoms with E-state index >= 15 is 0 Å². The summed E-state index contributed by atoms with van der Waals surface area (Å²) in [6, 6.07) is 8.20. The van der Waals surface area contributed by atoms with Crippen LogP contribution in [0.15, 0.2) is 24.3 Å². The maximum absolute atomic E-state index is 10.1. The number of hydrogen-bond acceptors (Lipinski definition) is 5. The molecule has 0 saturated carbocycles. The maximum Gasteiger partial charge on any atom is 0.331 e. The van der Waals surface area contributed by atoms with Crippen molar-refractivity contribution in [1.82, 2.24) is 0 Å². The number of likely N-dealkylation sites (N-methyl/N-ethyl adjacent to an activating group) is 1. The molecule has 0 bridgehead atoms. The van der Waals surface area contributed by atoms with Crippen molar-refractivity contribution in [1.29, 1.82) is 0 Å². The summed E-state index contributed by atoms with van der Waals surface area (Å²) < 4.78 is 14.2. The smallest absolute Gasteiger partial charge is 0.331 e. The number of anilines is 1. The van der Waals surface area contributed by atoms with Gasteiger partial charge in [-0.15, -0.1) is 0 Å². The van der Waals surface area contributed by atoms with Gasteiger partial charge in [0, 0.05) is 13.7 Å². The number of fused-ring (bicyclic) bond motifs is 1. The summed E-state index contributed by atoms with van der Waals surface area (Å²) in [5, 5.41) is 0. The van der Waals surface area contributed by atoms with Gasteiger partial charge < -0.3 is 19.1 Å².